The number of benzene rings is 1. The fourth-order valence-corrected chi connectivity index (χ4v) is 1.89. The third-order valence-electron chi connectivity index (χ3n) is 2.49. The van der Waals surface area contributed by atoms with Crippen molar-refractivity contribution in [3.63, 3.8) is 0 Å². The molecule has 0 fully saturated rings. The molecule has 0 radical (unpaired) electrons. The van der Waals surface area contributed by atoms with Gasteiger partial charge in [-0.15, -0.1) is 0 Å². The lowest BCUT2D eigenvalue weighted by Gasteiger charge is -2.01. The van der Waals surface area contributed by atoms with Crippen molar-refractivity contribution in [1.82, 2.24) is 4.98 Å². The SMILES string of the molecule is Clc1cncc(-c2ccc3occc3c2)c1. The van der Waals surface area contributed by atoms with E-state index in [1.807, 2.05) is 24.3 Å². The third kappa shape index (κ3) is 1.57. The molecule has 0 amide bonds. The molecule has 2 aromatic heterocycles. The standard InChI is InChI=1S/C13H8ClNO/c14-12-6-11(7-15-8-12)9-1-2-13-10(5-9)3-4-16-13/h1-8H. The first-order valence-corrected chi connectivity index (χ1v) is 5.29. The molecule has 3 rings (SSSR count). The molecule has 3 aromatic rings. The van der Waals surface area contributed by atoms with Crippen molar-refractivity contribution in [1.29, 1.82) is 0 Å². The lowest BCUT2D eigenvalue weighted by Crippen LogP contribution is -1.79. The first kappa shape index (κ1) is 9.43. The largest absolute Gasteiger partial charge is 0.464 e. The maximum Gasteiger partial charge on any atom is 0.133 e. The smallest absolute Gasteiger partial charge is 0.133 e. The van der Waals surface area contributed by atoms with Crippen LogP contribution in [0.15, 0.2) is 53.4 Å². The number of nitrogens with zero attached hydrogens (tertiary/aromatic N) is 1. The number of furan rings is 1. The van der Waals surface area contributed by atoms with E-state index in [1.54, 1.807) is 18.7 Å². The molecule has 0 saturated carbocycles. The van der Waals surface area contributed by atoms with Crippen molar-refractivity contribution in [2.45, 2.75) is 0 Å². The molecule has 2 nitrogen and oxygen atoms in total. The van der Waals surface area contributed by atoms with Crippen LogP contribution in [0.3, 0.4) is 0 Å². The molecule has 0 N–H and O–H groups in total. The molecular formula is C13H8ClNO. The van der Waals surface area contributed by atoms with Crippen molar-refractivity contribution >= 4 is 22.6 Å². The van der Waals surface area contributed by atoms with Gasteiger partial charge in [-0.3, -0.25) is 4.98 Å². The summed E-state index contributed by atoms with van der Waals surface area (Å²) in [6.07, 6.45) is 5.11. The summed E-state index contributed by atoms with van der Waals surface area (Å²) in [5, 5.41) is 1.72. The van der Waals surface area contributed by atoms with E-state index in [9.17, 15) is 0 Å². The summed E-state index contributed by atoms with van der Waals surface area (Å²) in [5.74, 6) is 0. The summed E-state index contributed by atoms with van der Waals surface area (Å²) in [6, 6.07) is 9.85. The van der Waals surface area contributed by atoms with Crippen molar-refractivity contribution in [2.24, 2.45) is 0 Å². The zero-order valence-corrected chi connectivity index (χ0v) is 9.11. The van der Waals surface area contributed by atoms with Gasteiger partial charge in [0.05, 0.1) is 11.3 Å². The van der Waals surface area contributed by atoms with E-state index in [0.717, 1.165) is 22.1 Å². The van der Waals surface area contributed by atoms with E-state index in [2.05, 4.69) is 11.1 Å². The Morgan fingerprint density at radius 1 is 1.00 bits per heavy atom. The highest BCUT2D eigenvalue weighted by Gasteiger charge is 2.02. The normalized spacial score (nSPS) is 10.8. The predicted octanol–water partition coefficient (Wildman–Crippen LogP) is 4.15. The van der Waals surface area contributed by atoms with Crippen LogP contribution in [0, 0.1) is 0 Å². The van der Waals surface area contributed by atoms with Crippen LogP contribution in [0.25, 0.3) is 22.1 Å². The monoisotopic (exact) mass is 229 g/mol. The Morgan fingerprint density at radius 3 is 2.81 bits per heavy atom. The van der Waals surface area contributed by atoms with E-state index < -0.39 is 0 Å². The maximum absolute atomic E-state index is 5.91. The van der Waals surface area contributed by atoms with Crippen molar-refractivity contribution in [2.75, 3.05) is 0 Å². The van der Waals surface area contributed by atoms with Gasteiger partial charge in [-0.25, -0.2) is 0 Å². The Labute approximate surface area is 97.5 Å². The maximum atomic E-state index is 5.91. The molecule has 0 atom stereocenters. The Bertz CT molecular complexity index is 645. The highest BCUT2D eigenvalue weighted by molar-refractivity contribution is 6.30. The molecule has 2 heterocycles. The molecule has 0 aliphatic heterocycles. The zero-order valence-electron chi connectivity index (χ0n) is 8.35. The van der Waals surface area contributed by atoms with E-state index in [1.165, 1.54) is 0 Å². The number of fused-ring (bicyclic) bond motifs is 1. The van der Waals surface area contributed by atoms with Crippen LogP contribution in [0.1, 0.15) is 0 Å². The fraction of sp³-hybridized carbons (Fsp3) is 0. The minimum Gasteiger partial charge on any atom is -0.464 e. The second-order valence-electron chi connectivity index (χ2n) is 3.57. The van der Waals surface area contributed by atoms with Crippen LogP contribution in [0.2, 0.25) is 5.02 Å². The van der Waals surface area contributed by atoms with Crippen LogP contribution in [0.5, 0.6) is 0 Å². The lowest BCUT2D eigenvalue weighted by molar-refractivity contribution is 0.616. The summed E-state index contributed by atoms with van der Waals surface area (Å²) >= 11 is 5.91. The number of pyridine rings is 1. The molecule has 0 bridgehead atoms. The van der Waals surface area contributed by atoms with Gasteiger partial charge in [0, 0.05) is 23.3 Å². The fourth-order valence-electron chi connectivity index (χ4n) is 1.72. The van der Waals surface area contributed by atoms with Gasteiger partial charge in [0.25, 0.3) is 0 Å². The lowest BCUT2D eigenvalue weighted by atomic mass is 10.1. The van der Waals surface area contributed by atoms with Crippen LogP contribution in [0.4, 0.5) is 0 Å². The zero-order chi connectivity index (χ0) is 11.0. The number of rotatable bonds is 1. The van der Waals surface area contributed by atoms with Gasteiger partial charge >= 0.3 is 0 Å². The highest BCUT2D eigenvalue weighted by atomic mass is 35.5. The van der Waals surface area contributed by atoms with Crippen molar-refractivity contribution < 1.29 is 4.42 Å². The molecule has 78 valence electrons. The molecule has 16 heavy (non-hydrogen) atoms. The second kappa shape index (κ2) is 3.65. The van der Waals surface area contributed by atoms with Gasteiger partial charge in [0.1, 0.15) is 5.58 Å². The third-order valence-corrected chi connectivity index (χ3v) is 2.70. The number of hydrogen-bond acceptors (Lipinski definition) is 2. The minimum atomic E-state index is 0.643. The molecular weight excluding hydrogens is 222 g/mol. The first-order valence-electron chi connectivity index (χ1n) is 4.91. The number of hydrogen-bond donors (Lipinski definition) is 0. The molecule has 3 heteroatoms. The summed E-state index contributed by atoms with van der Waals surface area (Å²) in [4.78, 5) is 4.07. The van der Waals surface area contributed by atoms with Crippen molar-refractivity contribution in [3.05, 3.63) is 54.0 Å². The molecule has 0 aliphatic rings. The average molecular weight is 230 g/mol. The Kier molecular flexibility index (Phi) is 2.15. The predicted molar refractivity (Wildman–Crippen MR) is 64.5 cm³/mol. The second-order valence-corrected chi connectivity index (χ2v) is 4.00. The summed E-state index contributed by atoms with van der Waals surface area (Å²) in [7, 11) is 0. The van der Waals surface area contributed by atoms with Crippen LogP contribution < -0.4 is 0 Å². The summed E-state index contributed by atoms with van der Waals surface area (Å²) in [6.45, 7) is 0. The topological polar surface area (TPSA) is 26.0 Å². The number of aromatic nitrogens is 1. The Balaban J connectivity index is 2.18. The van der Waals surface area contributed by atoms with Gasteiger partial charge < -0.3 is 4.42 Å². The van der Waals surface area contributed by atoms with Gasteiger partial charge in [0.15, 0.2) is 0 Å². The van der Waals surface area contributed by atoms with Crippen LogP contribution in [-0.4, -0.2) is 4.98 Å². The molecule has 0 unspecified atom stereocenters. The molecule has 0 saturated heterocycles. The Morgan fingerprint density at radius 2 is 1.94 bits per heavy atom. The minimum absolute atomic E-state index is 0.643. The van der Waals surface area contributed by atoms with E-state index in [4.69, 9.17) is 16.0 Å². The number of halogens is 1. The molecule has 0 spiro atoms. The van der Waals surface area contributed by atoms with E-state index >= 15 is 0 Å². The highest BCUT2D eigenvalue weighted by Crippen LogP contribution is 2.25. The van der Waals surface area contributed by atoms with Gasteiger partial charge in [-0.2, -0.15) is 0 Å². The van der Waals surface area contributed by atoms with Gasteiger partial charge in [0.2, 0.25) is 0 Å². The Hall–Kier alpha value is -1.80. The van der Waals surface area contributed by atoms with E-state index in [0.29, 0.717) is 5.02 Å². The van der Waals surface area contributed by atoms with E-state index in [-0.39, 0.29) is 0 Å². The average Bonchev–Trinajstić information content (AvgIpc) is 2.75. The van der Waals surface area contributed by atoms with Crippen LogP contribution in [-0.2, 0) is 0 Å². The summed E-state index contributed by atoms with van der Waals surface area (Å²) < 4.78 is 5.29. The molecule has 1 aromatic carbocycles. The van der Waals surface area contributed by atoms with Crippen molar-refractivity contribution in [3.8, 4) is 11.1 Å². The molecule has 0 aliphatic carbocycles. The first-order chi connectivity index (χ1) is 7.83. The van der Waals surface area contributed by atoms with Gasteiger partial charge in [-0.1, -0.05) is 17.7 Å². The van der Waals surface area contributed by atoms with Gasteiger partial charge in [-0.05, 0) is 29.8 Å². The summed E-state index contributed by atoms with van der Waals surface area (Å²) in [5.41, 5.74) is 2.98. The van der Waals surface area contributed by atoms with Crippen LogP contribution >= 0.6 is 11.6 Å². The quantitative estimate of drug-likeness (QED) is 0.627.